The Labute approximate surface area is 184 Å². The van der Waals surface area contributed by atoms with Gasteiger partial charge in [0.25, 0.3) is 5.91 Å². The van der Waals surface area contributed by atoms with Crippen LogP contribution in [0.5, 0.6) is 5.75 Å². The Morgan fingerprint density at radius 2 is 2.00 bits per heavy atom. The molecule has 0 saturated carbocycles. The summed E-state index contributed by atoms with van der Waals surface area (Å²) < 4.78 is 11.4. The van der Waals surface area contributed by atoms with Crippen molar-refractivity contribution >= 4 is 11.7 Å². The highest BCUT2D eigenvalue weighted by Crippen LogP contribution is 2.19. The summed E-state index contributed by atoms with van der Waals surface area (Å²) in [4.78, 5) is 29.8. The molecule has 2 heterocycles. The normalized spacial score (nSPS) is 14.6. The van der Waals surface area contributed by atoms with Gasteiger partial charge in [0.05, 0.1) is 0 Å². The van der Waals surface area contributed by atoms with Gasteiger partial charge in [-0.15, -0.1) is 0 Å². The van der Waals surface area contributed by atoms with E-state index in [0.717, 1.165) is 49.6 Å². The zero-order valence-corrected chi connectivity index (χ0v) is 18.9. The molecule has 1 aromatic heterocycles. The molecule has 0 radical (unpaired) electrons. The first kappa shape index (κ1) is 23.0. The second-order valence-electron chi connectivity index (χ2n) is 8.18. The van der Waals surface area contributed by atoms with Crippen molar-refractivity contribution in [3.05, 3.63) is 52.3 Å². The van der Waals surface area contributed by atoms with Gasteiger partial charge in [-0.25, -0.2) is 0 Å². The van der Waals surface area contributed by atoms with Gasteiger partial charge in [0.15, 0.2) is 5.78 Å². The summed E-state index contributed by atoms with van der Waals surface area (Å²) in [6, 6.07) is 8.31. The highest BCUT2D eigenvalue weighted by Gasteiger charge is 2.20. The number of benzene rings is 1. The van der Waals surface area contributed by atoms with Gasteiger partial charge in [0, 0.05) is 43.6 Å². The number of nitrogens with one attached hydrogen (secondary N) is 2. The van der Waals surface area contributed by atoms with Crippen molar-refractivity contribution in [1.29, 1.82) is 0 Å². The number of aryl methyl sites for hydroxylation is 1. The molecular formula is C24H33N3O4. The molecular weight excluding hydrogens is 394 g/mol. The third-order valence-electron chi connectivity index (χ3n) is 5.90. The first-order chi connectivity index (χ1) is 14.9. The summed E-state index contributed by atoms with van der Waals surface area (Å²) in [5, 5.41) is 2.92. The number of Topliss-reactive ketones (excluding diaryl/α,β-unsaturated/α-hetero) is 1. The predicted molar refractivity (Wildman–Crippen MR) is 120 cm³/mol. The number of carbonyl (C=O) groups is 2. The Bertz CT molecular complexity index is 916. The van der Waals surface area contributed by atoms with E-state index in [4.69, 9.17) is 9.47 Å². The average molecular weight is 428 g/mol. The van der Waals surface area contributed by atoms with E-state index in [1.165, 1.54) is 6.92 Å². The van der Waals surface area contributed by atoms with Gasteiger partial charge in [-0.05, 0) is 63.9 Å². The highest BCUT2D eigenvalue weighted by molar-refractivity contribution is 6.02. The minimum Gasteiger partial charge on any atom is -0.492 e. The summed E-state index contributed by atoms with van der Waals surface area (Å²) in [5.41, 5.74) is 3.39. The van der Waals surface area contributed by atoms with Gasteiger partial charge in [0.2, 0.25) is 0 Å². The van der Waals surface area contributed by atoms with Crippen LogP contribution in [0.25, 0.3) is 0 Å². The van der Waals surface area contributed by atoms with Gasteiger partial charge in [-0.3, -0.25) is 14.5 Å². The smallest absolute Gasteiger partial charge is 0.268 e. The number of aromatic amines is 1. The van der Waals surface area contributed by atoms with E-state index in [1.54, 1.807) is 13.8 Å². The van der Waals surface area contributed by atoms with Crippen LogP contribution in [0.15, 0.2) is 24.3 Å². The number of ketones is 1. The second kappa shape index (κ2) is 10.6. The average Bonchev–Trinajstić information content (AvgIpc) is 3.07. The van der Waals surface area contributed by atoms with E-state index in [9.17, 15) is 9.59 Å². The molecule has 2 N–H and O–H groups in total. The lowest BCUT2D eigenvalue weighted by Crippen LogP contribution is -2.38. The first-order valence-electron chi connectivity index (χ1n) is 10.8. The topological polar surface area (TPSA) is 83.7 Å². The fraction of sp³-hybridized carbons (Fsp3) is 0.500. The van der Waals surface area contributed by atoms with E-state index in [0.29, 0.717) is 36.0 Å². The van der Waals surface area contributed by atoms with Gasteiger partial charge in [0.1, 0.15) is 18.1 Å². The van der Waals surface area contributed by atoms with E-state index >= 15 is 0 Å². The number of likely N-dealkylation sites (N-methyl/N-ethyl adjacent to an activating group) is 1. The molecule has 7 nitrogen and oxygen atoms in total. The van der Waals surface area contributed by atoms with E-state index in [-0.39, 0.29) is 11.7 Å². The molecule has 1 aliphatic heterocycles. The number of hydrogen-bond acceptors (Lipinski definition) is 5. The monoisotopic (exact) mass is 427 g/mol. The Morgan fingerprint density at radius 3 is 2.68 bits per heavy atom. The van der Waals surface area contributed by atoms with Crippen LogP contribution in [0, 0.1) is 13.8 Å². The van der Waals surface area contributed by atoms with Gasteiger partial charge >= 0.3 is 0 Å². The lowest BCUT2D eigenvalue weighted by molar-refractivity contribution is 0.0392. The summed E-state index contributed by atoms with van der Waals surface area (Å²) >= 11 is 0. The molecule has 0 spiro atoms. The summed E-state index contributed by atoms with van der Waals surface area (Å²) in [7, 11) is 2.13. The maximum absolute atomic E-state index is 12.6. The molecule has 7 heteroatoms. The third kappa shape index (κ3) is 5.95. The third-order valence-corrected chi connectivity index (χ3v) is 5.90. The number of nitrogens with zero attached hydrogens (tertiary/aromatic N) is 1. The van der Waals surface area contributed by atoms with Crippen molar-refractivity contribution in [2.24, 2.45) is 0 Å². The van der Waals surface area contributed by atoms with Crippen LogP contribution in [-0.4, -0.2) is 61.0 Å². The van der Waals surface area contributed by atoms with Crippen molar-refractivity contribution in [1.82, 2.24) is 15.2 Å². The van der Waals surface area contributed by atoms with Crippen LogP contribution >= 0.6 is 0 Å². The number of carbonyl (C=O) groups excluding carboxylic acids is 2. The summed E-state index contributed by atoms with van der Waals surface area (Å²) in [6.45, 7) is 8.63. The number of hydrogen-bond donors (Lipinski definition) is 2. The van der Waals surface area contributed by atoms with Crippen LogP contribution in [0.2, 0.25) is 0 Å². The molecule has 31 heavy (non-hydrogen) atoms. The minimum absolute atomic E-state index is 0.0439. The van der Waals surface area contributed by atoms with Crippen molar-refractivity contribution in [2.45, 2.75) is 46.2 Å². The molecule has 3 rings (SSSR count). The van der Waals surface area contributed by atoms with Gasteiger partial charge in [-0.2, -0.15) is 0 Å². The first-order valence-corrected chi connectivity index (χ1v) is 10.8. The standard InChI is InChI=1S/C24H33N3O4/c1-16-22(18(3)28)17(2)26-23(16)24(29)25-15-19-6-5-7-21(14-19)31-13-10-27(4)20-8-11-30-12-9-20/h5-7,14,20,26H,8-13,15H2,1-4H3,(H,25,29). The number of ether oxygens (including phenoxy) is 2. The van der Waals surface area contributed by atoms with Gasteiger partial charge < -0.3 is 19.8 Å². The lowest BCUT2D eigenvalue weighted by atomic mass is 10.1. The Morgan fingerprint density at radius 1 is 1.26 bits per heavy atom. The lowest BCUT2D eigenvalue weighted by Gasteiger charge is -2.31. The molecule has 0 aliphatic carbocycles. The predicted octanol–water partition coefficient (Wildman–Crippen LogP) is 3.25. The highest BCUT2D eigenvalue weighted by atomic mass is 16.5. The van der Waals surface area contributed by atoms with Crippen LogP contribution in [0.4, 0.5) is 0 Å². The Kier molecular flexibility index (Phi) is 7.87. The molecule has 168 valence electrons. The molecule has 1 amide bonds. The Balaban J connectivity index is 1.51. The van der Waals surface area contributed by atoms with E-state index in [2.05, 4.69) is 22.2 Å². The second-order valence-corrected chi connectivity index (χ2v) is 8.18. The number of H-pyrrole nitrogens is 1. The van der Waals surface area contributed by atoms with Gasteiger partial charge in [-0.1, -0.05) is 12.1 Å². The molecule has 1 aliphatic rings. The van der Waals surface area contributed by atoms with Crippen molar-refractivity contribution in [3.8, 4) is 5.75 Å². The molecule has 1 aromatic carbocycles. The van der Waals surface area contributed by atoms with E-state index < -0.39 is 0 Å². The molecule has 2 aromatic rings. The van der Waals surface area contributed by atoms with Crippen molar-refractivity contribution < 1.29 is 19.1 Å². The number of amides is 1. The molecule has 1 fully saturated rings. The summed E-state index contributed by atoms with van der Waals surface area (Å²) in [6.07, 6.45) is 2.14. The molecule has 1 saturated heterocycles. The number of aromatic nitrogens is 1. The van der Waals surface area contributed by atoms with Crippen LogP contribution in [-0.2, 0) is 11.3 Å². The Hall–Kier alpha value is -2.64. The quantitative estimate of drug-likeness (QED) is 0.600. The zero-order chi connectivity index (χ0) is 22.4. The zero-order valence-electron chi connectivity index (χ0n) is 18.9. The molecule has 0 bridgehead atoms. The fourth-order valence-electron chi connectivity index (χ4n) is 4.14. The fourth-order valence-corrected chi connectivity index (χ4v) is 4.14. The number of rotatable bonds is 9. The maximum atomic E-state index is 12.6. The maximum Gasteiger partial charge on any atom is 0.268 e. The van der Waals surface area contributed by atoms with Crippen molar-refractivity contribution in [3.63, 3.8) is 0 Å². The van der Waals surface area contributed by atoms with Crippen LogP contribution in [0.1, 0.15) is 57.4 Å². The van der Waals surface area contributed by atoms with E-state index in [1.807, 2.05) is 24.3 Å². The molecule has 0 atom stereocenters. The van der Waals surface area contributed by atoms with Crippen LogP contribution < -0.4 is 10.1 Å². The largest absolute Gasteiger partial charge is 0.492 e. The van der Waals surface area contributed by atoms with Crippen molar-refractivity contribution in [2.75, 3.05) is 33.4 Å². The minimum atomic E-state index is -0.225. The summed E-state index contributed by atoms with van der Waals surface area (Å²) in [5.74, 6) is 0.521. The molecule has 0 unspecified atom stereocenters. The SMILES string of the molecule is CC(=O)c1c(C)[nH]c(C(=O)NCc2cccc(OCCN(C)C3CCOCC3)c2)c1C. The van der Waals surface area contributed by atoms with Crippen LogP contribution in [0.3, 0.4) is 0 Å².